The van der Waals surface area contributed by atoms with Gasteiger partial charge in [-0.2, -0.15) is 0 Å². The standard InChI is InChI=1S/C34H16S3Te/c1-3-35-29-13-23-9-21-11-27-31(15-25(21)7-19(23)5-17(1)29)37-33-28-12-22-10-24-14-30-18(2-4-36-30)6-20(24)8-26(22)16-32(28)38-34(27)33/h1-16H. The maximum absolute atomic E-state index is 2.50. The molecule has 0 saturated heterocycles. The zero-order chi connectivity index (χ0) is 24.5. The van der Waals surface area contributed by atoms with Gasteiger partial charge in [-0.05, 0) is 0 Å². The molecule has 0 aliphatic rings. The van der Waals surface area contributed by atoms with Crippen molar-refractivity contribution in [3.8, 4) is 0 Å². The Labute approximate surface area is 238 Å². The van der Waals surface area contributed by atoms with Crippen LogP contribution in [-0.4, -0.2) is 20.4 Å². The summed E-state index contributed by atoms with van der Waals surface area (Å²) in [5.41, 5.74) is 0. The van der Waals surface area contributed by atoms with Crippen LogP contribution in [0, 0.1) is 0 Å². The average Bonchev–Trinajstić information content (AvgIpc) is 3.70. The molecular weight excluding hydrogens is 632 g/mol. The van der Waals surface area contributed by atoms with Gasteiger partial charge in [-0.25, -0.2) is 0 Å². The Hall–Kier alpha value is -2.97. The van der Waals surface area contributed by atoms with Crippen LogP contribution >= 0.6 is 34.0 Å². The molecule has 176 valence electrons. The summed E-state index contributed by atoms with van der Waals surface area (Å²) in [4.78, 5) is 0. The summed E-state index contributed by atoms with van der Waals surface area (Å²) in [6, 6.07) is 33.4. The Morgan fingerprint density at radius 3 is 1.53 bits per heavy atom. The zero-order valence-electron chi connectivity index (χ0n) is 19.9. The van der Waals surface area contributed by atoms with Crippen molar-refractivity contribution in [3.63, 3.8) is 0 Å². The fourth-order valence-electron chi connectivity index (χ4n) is 6.17. The molecule has 0 aliphatic heterocycles. The molecule has 6 aromatic carbocycles. The summed E-state index contributed by atoms with van der Waals surface area (Å²) in [7, 11) is 0. The summed E-state index contributed by atoms with van der Waals surface area (Å²) < 4.78 is 8.94. The third kappa shape index (κ3) is 2.85. The van der Waals surface area contributed by atoms with Gasteiger partial charge in [0.15, 0.2) is 0 Å². The number of hydrogen-bond acceptors (Lipinski definition) is 3. The summed E-state index contributed by atoms with van der Waals surface area (Å²) >= 11 is 5.24. The van der Waals surface area contributed by atoms with E-state index in [-0.39, 0.29) is 0 Å². The summed E-state index contributed by atoms with van der Waals surface area (Å²) in [6.07, 6.45) is 0. The van der Waals surface area contributed by atoms with Crippen molar-refractivity contribution >= 4 is 145 Å². The number of hydrogen-bond donors (Lipinski definition) is 0. The van der Waals surface area contributed by atoms with Crippen LogP contribution in [0.15, 0.2) is 95.7 Å². The molecule has 0 radical (unpaired) electrons. The predicted molar refractivity (Wildman–Crippen MR) is 175 cm³/mol. The molecule has 4 heterocycles. The van der Waals surface area contributed by atoms with Crippen molar-refractivity contribution in [1.82, 2.24) is 0 Å². The van der Waals surface area contributed by atoms with E-state index >= 15 is 0 Å². The van der Waals surface area contributed by atoms with E-state index in [1.807, 2.05) is 34.0 Å². The Morgan fingerprint density at radius 1 is 0.421 bits per heavy atom. The third-order valence-electron chi connectivity index (χ3n) is 8.05. The van der Waals surface area contributed by atoms with E-state index in [0.717, 1.165) is 0 Å². The van der Waals surface area contributed by atoms with Crippen LogP contribution in [0.25, 0.3) is 90.2 Å². The predicted octanol–water partition coefficient (Wildman–Crippen LogP) is 11.3. The Bertz CT molecular complexity index is 2440. The molecule has 0 spiro atoms. The number of thiophene rings is 3. The van der Waals surface area contributed by atoms with Crippen molar-refractivity contribution in [2.45, 2.75) is 0 Å². The molecule has 0 bridgehead atoms. The van der Waals surface area contributed by atoms with E-state index in [0.29, 0.717) is 0 Å². The van der Waals surface area contributed by atoms with Gasteiger partial charge in [0.2, 0.25) is 0 Å². The molecule has 0 aliphatic carbocycles. The minimum atomic E-state index is -0.420. The van der Waals surface area contributed by atoms with Gasteiger partial charge in [0.25, 0.3) is 0 Å². The van der Waals surface area contributed by atoms with Crippen LogP contribution < -0.4 is 0 Å². The molecule has 38 heavy (non-hydrogen) atoms. The van der Waals surface area contributed by atoms with Crippen LogP contribution in [0.4, 0.5) is 0 Å². The number of rotatable bonds is 0. The van der Waals surface area contributed by atoms with Crippen LogP contribution in [0.1, 0.15) is 0 Å². The van der Waals surface area contributed by atoms with Crippen LogP contribution in [0.3, 0.4) is 0 Å². The minimum absolute atomic E-state index is 0.420. The quantitative estimate of drug-likeness (QED) is 0.113. The molecule has 0 fully saturated rings. The molecule has 0 saturated carbocycles. The molecule has 10 aromatic rings. The van der Waals surface area contributed by atoms with E-state index in [2.05, 4.69) is 95.7 Å². The molecular formula is C34H16S3Te. The van der Waals surface area contributed by atoms with Gasteiger partial charge >= 0.3 is 240 Å². The molecule has 4 aromatic heterocycles. The Kier molecular flexibility index (Phi) is 4.05. The van der Waals surface area contributed by atoms with Crippen molar-refractivity contribution in [2.24, 2.45) is 0 Å². The van der Waals surface area contributed by atoms with E-state index in [4.69, 9.17) is 0 Å². The average molecular weight is 648 g/mol. The summed E-state index contributed by atoms with van der Waals surface area (Å²) in [6.45, 7) is 0. The van der Waals surface area contributed by atoms with E-state index in [1.54, 1.807) is 6.80 Å². The van der Waals surface area contributed by atoms with E-state index in [9.17, 15) is 0 Å². The monoisotopic (exact) mass is 650 g/mol. The first-order chi connectivity index (χ1) is 18.7. The van der Waals surface area contributed by atoms with Gasteiger partial charge < -0.3 is 0 Å². The van der Waals surface area contributed by atoms with Crippen molar-refractivity contribution < 1.29 is 0 Å². The van der Waals surface area contributed by atoms with Crippen LogP contribution in [0.2, 0.25) is 0 Å². The number of fused-ring (bicyclic) bond motifs is 11. The first kappa shape index (κ1) is 20.9. The van der Waals surface area contributed by atoms with Crippen molar-refractivity contribution in [3.05, 3.63) is 95.7 Å². The fraction of sp³-hybridized carbons (Fsp3) is 0. The Morgan fingerprint density at radius 2 is 0.895 bits per heavy atom. The zero-order valence-corrected chi connectivity index (χ0v) is 24.7. The second-order valence-electron chi connectivity index (χ2n) is 10.3. The first-order valence-corrected chi connectivity index (χ1v) is 17.5. The van der Waals surface area contributed by atoms with Gasteiger partial charge in [-0.1, -0.05) is 0 Å². The van der Waals surface area contributed by atoms with Crippen LogP contribution in [-0.2, 0) is 0 Å². The molecule has 0 unspecified atom stereocenters. The van der Waals surface area contributed by atoms with Gasteiger partial charge in [-0.3, -0.25) is 0 Å². The molecule has 0 atom stereocenters. The molecule has 4 heteroatoms. The second kappa shape index (κ2) is 7.36. The van der Waals surface area contributed by atoms with Crippen LogP contribution in [0.5, 0.6) is 0 Å². The SMILES string of the molecule is c1cc2cc3cc4cc5[te]c6c7cc8cc9cc%10sccc%10cc9cc8cc7sc6c5cc4cc3cc2s1. The van der Waals surface area contributed by atoms with Gasteiger partial charge in [0.05, 0.1) is 0 Å². The fourth-order valence-corrected chi connectivity index (χ4v) is 13.3. The van der Waals surface area contributed by atoms with E-state index in [1.165, 1.54) is 83.4 Å². The van der Waals surface area contributed by atoms with Crippen molar-refractivity contribution in [2.75, 3.05) is 0 Å². The summed E-state index contributed by atoms with van der Waals surface area (Å²) in [5, 5.41) is 20.9. The van der Waals surface area contributed by atoms with E-state index < -0.39 is 20.4 Å². The molecule has 10 rings (SSSR count). The third-order valence-corrected chi connectivity index (χ3v) is 14.8. The first-order valence-electron chi connectivity index (χ1n) is 12.6. The second-order valence-corrected chi connectivity index (χ2v) is 16.2. The van der Waals surface area contributed by atoms with Gasteiger partial charge in [0.1, 0.15) is 0 Å². The maximum atomic E-state index is 2.50. The van der Waals surface area contributed by atoms with Gasteiger partial charge in [0, 0.05) is 0 Å². The molecule has 0 N–H and O–H groups in total. The molecule has 0 amide bonds. The Balaban J connectivity index is 1.24. The summed E-state index contributed by atoms with van der Waals surface area (Å²) in [5.74, 6) is 0. The normalized spacial score (nSPS) is 12.7. The van der Waals surface area contributed by atoms with Crippen molar-refractivity contribution in [1.29, 1.82) is 0 Å². The number of benzene rings is 6. The topological polar surface area (TPSA) is 0 Å². The molecule has 0 nitrogen and oxygen atoms in total. The van der Waals surface area contributed by atoms with Gasteiger partial charge in [-0.15, -0.1) is 0 Å².